The largest absolute Gasteiger partial charge is 0.329 e. The van der Waals surface area contributed by atoms with Crippen molar-refractivity contribution in [2.45, 2.75) is 13.5 Å². The number of fused-ring (bicyclic) bond motifs is 1. The molecule has 0 unspecified atom stereocenters. The lowest BCUT2D eigenvalue weighted by atomic mass is 10.1. The predicted molar refractivity (Wildman–Crippen MR) is 79.1 cm³/mol. The molecule has 0 bridgehead atoms. The molecule has 1 aromatic heterocycles. The van der Waals surface area contributed by atoms with Gasteiger partial charge in [-0.15, -0.1) is 0 Å². The zero-order chi connectivity index (χ0) is 14.1. The molecule has 0 amide bonds. The Balaban J connectivity index is 2.20. The summed E-state index contributed by atoms with van der Waals surface area (Å²) in [6.07, 6.45) is 0. The highest BCUT2D eigenvalue weighted by Crippen LogP contribution is 2.08. The molecule has 0 aliphatic carbocycles. The van der Waals surface area contributed by atoms with Crippen LogP contribution in [0.3, 0.4) is 0 Å². The van der Waals surface area contributed by atoms with E-state index in [1.165, 1.54) is 4.57 Å². The van der Waals surface area contributed by atoms with Gasteiger partial charge in [-0.25, -0.2) is 4.79 Å². The molecule has 100 valence electrons. The van der Waals surface area contributed by atoms with Crippen molar-refractivity contribution in [3.8, 4) is 0 Å². The molecule has 0 atom stereocenters. The van der Waals surface area contributed by atoms with Crippen molar-refractivity contribution in [1.29, 1.82) is 0 Å². The lowest BCUT2D eigenvalue weighted by Crippen LogP contribution is -2.35. The maximum atomic E-state index is 12.4. The number of nitrogens with zero attached hydrogens (tertiary/aromatic N) is 1. The zero-order valence-electron chi connectivity index (χ0n) is 11.1. The standard InChI is InChI=1S/C16H14N2O2/c1-11-6-2-3-7-12(11)10-18-15(19)13-8-4-5-9-14(13)17-16(18)20/h2-9H,10H2,1H3,(H,17,20). The van der Waals surface area contributed by atoms with Crippen molar-refractivity contribution < 1.29 is 0 Å². The molecule has 0 spiro atoms. The molecule has 4 nitrogen and oxygen atoms in total. The Morgan fingerprint density at radius 3 is 2.50 bits per heavy atom. The molecule has 3 rings (SSSR count). The Labute approximate surface area is 115 Å². The summed E-state index contributed by atoms with van der Waals surface area (Å²) in [7, 11) is 0. The highest BCUT2D eigenvalue weighted by atomic mass is 16.2. The van der Waals surface area contributed by atoms with Crippen LogP contribution < -0.4 is 11.2 Å². The molecule has 20 heavy (non-hydrogen) atoms. The fourth-order valence-electron chi connectivity index (χ4n) is 2.30. The molecule has 4 heteroatoms. The Kier molecular flexibility index (Phi) is 2.99. The fraction of sp³-hybridized carbons (Fsp3) is 0.125. The van der Waals surface area contributed by atoms with Crippen molar-refractivity contribution in [3.63, 3.8) is 0 Å². The van der Waals surface area contributed by atoms with Gasteiger partial charge >= 0.3 is 5.69 Å². The minimum Gasteiger partial charge on any atom is -0.307 e. The van der Waals surface area contributed by atoms with Crippen LogP contribution in [-0.2, 0) is 6.54 Å². The highest BCUT2D eigenvalue weighted by molar-refractivity contribution is 5.76. The average Bonchev–Trinajstić information content (AvgIpc) is 2.45. The highest BCUT2D eigenvalue weighted by Gasteiger charge is 2.08. The SMILES string of the molecule is Cc1ccccc1Cn1c(=O)[nH]c2ccccc2c1=O. The Morgan fingerprint density at radius 2 is 1.70 bits per heavy atom. The second-order valence-electron chi connectivity index (χ2n) is 4.79. The molecule has 2 aromatic carbocycles. The van der Waals surface area contributed by atoms with Crippen molar-refractivity contribution >= 4 is 10.9 Å². The molecule has 1 N–H and O–H groups in total. The van der Waals surface area contributed by atoms with Crippen LogP contribution >= 0.6 is 0 Å². The van der Waals surface area contributed by atoms with Crippen molar-refractivity contribution in [1.82, 2.24) is 9.55 Å². The first-order valence-electron chi connectivity index (χ1n) is 6.43. The monoisotopic (exact) mass is 266 g/mol. The van der Waals surface area contributed by atoms with E-state index >= 15 is 0 Å². The minimum absolute atomic E-state index is 0.257. The molecular formula is C16H14N2O2. The van der Waals surface area contributed by atoms with Crippen LogP contribution in [0.4, 0.5) is 0 Å². The van der Waals surface area contributed by atoms with Gasteiger partial charge in [0.25, 0.3) is 5.56 Å². The number of H-pyrrole nitrogens is 1. The van der Waals surface area contributed by atoms with Crippen LogP contribution in [0, 0.1) is 6.92 Å². The summed E-state index contributed by atoms with van der Waals surface area (Å²) in [5.41, 5.74) is 1.97. The molecule has 0 saturated heterocycles. The smallest absolute Gasteiger partial charge is 0.307 e. The van der Waals surface area contributed by atoms with Crippen LogP contribution in [0.5, 0.6) is 0 Å². The van der Waals surface area contributed by atoms with E-state index in [9.17, 15) is 9.59 Å². The average molecular weight is 266 g/mol. The Hall–Kier alpha value is -2.62. The summed E-state index contributed by atoms with van der Waals surface area (Å²) in [5.74, 6) is 0. The number of rotatable bonds is 2. The van der Waals surface area contributed by atoms with E-state index in [-0.39, 0.29) is 17.8 Å². The third-order valence-corrected chi connectivity index (χ3v) is 3.48. The molecule has 1 heterocycles. The molecule has 0 radical (unpaired) electrons. The molecule has 0 aliphatic heterocycles. The summed E-state index contributed by atoms with van der Waals surface area (Å²) < 4.78 is 1.24. The van der Waals surface area contributed by atoms with Crippen molar-refractivity contribution in [2.75, 3.05) is 0 Å². The van der Waals surface area contributed by atoms with Gasteiger partial charge in [0.05, 0.1) is 17.4 Å². The number of aromatic nitrogens is 2. The molecular weight excluding hydrogens is 252 g/mol. The van der Waals surface area contributed by atoms with E-state index in [0.717, 1.165) is 11.1 Å². The predicted octanol–water partition coefficient (Wildman–Crippen LogP) is 2.05. The number of para-hydroxylation sites is 1. The van der Waals surface area contributed by atoms with E-state index in [4.69, 9.17) is 0 Å². The third-order valence-electron chi connectivity index (χ3n) is 3.48. The first-order chi connectivity index (χ1) is 9.66. The lowest BCUT2D eigenvalue weighted by molar-refractivity contribution is 0.708. The van der Waals surface area contributed by atoms with E-state index in [1.807, 2.05) is 31.2 Å². The maximum Gasteiger partial charge on any atom is 0.329 e. The zero-order valence-corrected chi connectivity index (χ0v) is 11.1. The number of aryl methyl sites for hydroxylation is 1. The fourth-order valence-corrected chi connectivity index (χ4v) is 2.30. The van der Waals surface area contributed by atoms with Gasteiger partial charge in [-0.2, -0.15) is 0 Å². The normalized spacial score (nSPS) is 10.8. The van der Waals surface area contributed by atoms with E-state index in [0.29, 0.717) is 10.9 Å². The van der Waals surface area contributed by atoms with Gasteiger partial charge in [-0.3, -0.25) is 9.36 Å². The summed E-state index contributed by atoms with van der Waals surface area (Å²) >= 11 is 0. The second kappa shape index (κ2) is 4.81. The molecule has 3 aromatic rings. The third kappa shape index (κ3) is 2.05. The first kappa shape index (κ1) is 12.4. The van der Waals surface area contributed by atoms with Crippen molar-refractivity contribution in [2.24, 2.45) is 0 Å². The summed E-state index contributed by atoms with van der Waals surface area (Å²) in [4.78, 5) is 27.2. The van der Waals surface area contributed by atoms with Crippen molar-refractivity contribution in [3.05, 3.63) is 80.5 Å². The Morgan fingerprint density at radius 1 is 1.00 bits per heavy atom. The quantitative estimate of drug-likeness (QED) is 0.771. The van der Waals surface area contributed by atoms with Gasteiger partial charge < -0.3 is 4.98 Å². The number of hydrogen-bond acceptors (Lipinski definition) is 2. The minimum atomic E-state index is -0.378. The maximum absolute atomic E-state index is 12.4. The van der Waals surface area contributed by atoms with E-state index < -0.39 is 0 Å². The topological polar surface area (TPSA) is 54.9 Å². The van der Waals surface area contributed by atoms with Crippen LogP contribution in [0.15, 0.2) is 58.1 Å². The molecule has 0 fully saturated rings. The summed E-state index contributed by atoms with van der Waals surface area (Å²) in [5, 5.41) is 0.528. The Bertz CT molecular complexity index is 891. The van der Waals surface area contributed by atoms with Crippen LogP contribution in [0.25, 0.3) is 10.9 Å². The molecule has 0 aliphatic rings. The van der Waals surface area contributed by atoms with Crippen LogP contribution in [0.1, 0.15) is 11.1 Å². The van der Waals surface area contributed by atoms with Gasteiger partial charge in [0.1, 0.15) is 0 Å². The van der Waals surface area contributed by atoms with E-state index in [1.54, 1.807) is 24.3 Å². The molecule has 0 saturated carbocycles. The first-order valence-corrected chi connectivity index (χ1v) is 6.43. The number of hydrogen-bond donors (Lipinski definition) is 1. The lowest BCUT2D eigenvalue weighted by Gasteiger charge is -2.08. The van der Waals surface area contributed by atoms with Crippen LogP contribution in [0.2, 0.25) is 0 Å². The van der Waals surface area contributed by atoms with E-state index in [2.05, 4.69) is 4.98 Å². The van der Waals surface area contributed by atoms with Gasteiger partial charge in [-0.1, -0.05) is 36.4 Å². The van der Waals surface area contributed by atoms with Gasteiger partial charge in [0.2, 0.25) is 0 Å². The second-order valence-corrected chi connectivity index (χ2v) is 4.79. The van der Waals surface area contributed by atoms with Crippen LogP contribution in [-0.4, -0.2) is 9.55 Å². The number of nitrogens with one attached hydrogen (secondary N) is 1. The summed E-state index contributed by atoms with van der Waals surface area (Å²) in [6.45, 7) is 2.25. The number of benzene rings is 2. The van der Waals surface area contributed by atoms with Gasteiger partial charge in [0.15, 0.2) is 0 Å². The van der Waals surface area contributed by atoms with Gasteiger partial charge in [-0.05, 0) is 30.2 Å². The number of aromatic amines is 1. The summed E-state index contributed by atoms with van der Waals surface area (Å²) in [6, 6.07) is 14.8. The van der Waals surface area contributed by atoms with Gasteiger partial charge in [0, 0.05) is 0 Å².